The molecule has 6 heteroatoms. The first-order valence-electron chi connectivity index (χ1n) is 7.65. The molecule has 0 bridgehead atoms. The van der Waals surface area contributed by atoms with Crippen LogP contribution in [-0.2, 0) is 4.79 Å². The molecule has 2 fully saturated rings. The number of carbonyl (C=O) groups is 1. The van der Waals surface area contributed by atoms with Crippen LogP contribution in [0.15, 0.2) is 5.16 Å². The number of likely N-dealkylation sites (tertiary alicyclic amines) is 1. The number of hydrogen-bond acceptors (Lipinski definition) is 4. The lowest BCUT2D eigenvalue weighted by Gasteiger charge is -2.32. The predicted molar refractivity (Wildman–Crippen MR) is 77.6 cm³/mol. The molecule has 1 amide bonds. The standard InChI is InChI=1S/C14H26N4O2/c15-13(17-20)10-18-7-5-12(6-8-18)16-14(19)9-11-3-1-2-4-11/h11-12,20H,1-10H2,(H2,15,17)(H,16,19). The van der Waals surface area contributed by atoms with Gasteiger partial charge in [0.25, 0.3) is 0 Å². The topological polar surface area (TPSA) is 91.0 Å². The zero-order valence-corrected chi connectivity index (χ0v) is 12.1. The number of nitrogens with one attached hydrogen (secondary N) is 1. The molecular weight excluding hydrogens is 256 g/mol. The highest BCUT2D eigenvalue weighted by atomic mass is 16.4. The van der Waals surface area contributed by atoms with E-state index < -0.39 is 0 Å². The SMILES string of the molecule is NC(CN1CCC(NC(=O)CC2CCCC2)CC1)=NO. The van der Waals surface area contributed by atoms with Crippen molar-refractivity contribution < 1.29 is 10.0 Å². The van der Waals surface area contributed by atoms with Gasteiger partial charge in [-0.05, 0) is 31.6 Å². The van der Waals surface area contributed by atoms with E-state index in [9.17, 15) is 4.79 Å². The molecular formula is C14H26N4O2. The van der Waals surface area contributed by atoms with Crippen LogP contribution in [0.3, 0.4) is 0 Å². The van der Waals surface area contributed by atoms with Crippen LogP contribution in [0.5, 0.6) is 0 Å². The fourth-order valence-corrected chi connectivity index (χ4v) is 3.26. The number of rotatable bonds is 5. The van der Waals surface area contributed by atoms with Gasteiger partial charge in [0.2, 0.25) is 5.91 Å². The quantitative estimate of drug-likeness (QED) is 0.302. The molecule has 2 aliphatic rings. The van der Waals surface area contributed by atoms with Crippen molar-refractivity contribution in [2.45, 2.75) is 51.0 Å². The van der Waals surface area contributed by atoms with Gasteiger partial charge >= 0.3 is 0 Å². The molecule has 1 heterocycles. The molecule has 0 aromatic heterocycles. The number of nitrogens with zero attached hydrogens (tertiary/aromatic N) is 2. The van der Waals surface area contributed by atoms with Crippen LogP contribution < -0.4 is 11.1 Å². The van der Waals surface area contributed by atoms with Crippen molar-refractivity contribution in [1.82, 2.24) is 10.2 Å². The normalized spacial score (nSPS) is 23.1. The number of amidine groups is 1. The van der Waals surface area contributed by atoms with Crippen LogP contribution in [0, 0.1) is 5.92 Å². The Morgan fingerprint density at radius 1 is 1.25 bits per heavy atom. The second-order valence-corrected chi connectivity index (χ2v) is 6.06. The second-order valence-electron chi connectivity index (χ2n) is 6.06. The van der Waals surface area contributed by atoms with Crippen molar-refractivity contribution >= 4 is 11.7 Å². The summed E-state index contributed by atoms with van der Waals surface area (Å²) in [5.74, 6) is 1.07. The van der Waals surface area contributed by atoms with E-state index in [4.69, 9.17) is 10.9 Å². The molecule has 0 spiro atoms. The molecule has 0 atom stereocenters. The van der Waals surface area contributed by atoms with E-state index in [0.717, 1.165) is 25.9 Å². The summed E-state index contributed by atoms with van der Waals surface area (Å²) < 4.78 is 0. The van der Waals surface area contributed by atoms with E-state index in [2.05, 4.69) is 15.4 Å². The third-order valence-corrected chi connectivity index (χ3v) is 4.42. The Bertz CT molecular complexity index is 345. The van der Waals surface area contributed by atoms with Crippen molar-refractivity contribution in [2.75, 3.05) is 19.6 Å². The Labute approximate surface area is 120 Å². The molecule has 0 radical (unpaired) electrons. The Morgan fingerprint density at radius 2 is 1.90 bits per heavy atom. The molecule has 1 aliphatic carbocycles. The summed E-state index contributed by atoms with van der Waals surface area (Å²) in [6.45, 7) is 2.26. The van der Waals surface area contributed by atoms with E-state index in [1.54, 1.807) is 0 Å². The lowest BCUT2D eigenvalue weighted by atomic mass is 10.0. The zero-order valence-electron chi connectivity index (χ0n) is 12.1. The monoisotopic (exact) mass is 282 g/mol. The summed E-state index contributed by atoms with van der Waals surface area (Å²) in [5, 5.41) is 14.7. The third-order valence-electron chi connectivity index (χ3n) is 4.42. The Kier molecular flexibility index (Phi) is 5.64. The molecule has 0 aromatic rings. The molecule has 1 aliphatic heterocycles. The van der Waals surface area contributed by atoms with E-state index in [0.29, 0.717) is 18.9 Å². The number of hydrogen-bond donors (Lipinski definition) is 3. The van der Waals surface area contributed by atoms with E-state index in [1.807, 2.05) is 0 Å². The average Bonchev–Trinajstić information content (AvgIpc) is 2.93. The minimum atomic E-state index is 0.215. The molecule has 4 N–H and O–H groups in total. The first-order valence-corrected chi connectivity index (χ1v) is 7.65. The van der Waals surface area contributed by atoms with E-state index >= 15 is 0 Å². The summed E-state index contributed by atoms with van der Waals surface area (Å²) >= 11 is 0. The highest BCUT2D eigenvalue weighted by Gasteiger charge is 2.23. The van der Waals surface area contributed by atoms with Crippen LogP contribution in [-0.4, -0.2) is 47.5 Å². The summed E-state index contributed by atoms with van der Waals surface area (Å²) in [6.07, 6.45) is 7.57. The fourth-order valence-electron chi connectivity index (χ4n) is 3.26. The van der Waals surface area contributed by atoms with Gasteiger partial charge in [-0.15, -0.1) is 0 Å². The van der Waals surface area contributed by atoms with Gasteiger partial charge in [-0.1, -0.05) is 18.0 Å². The smallest absolute Gasteiger partial charge is 0.220 e. The maximum atomic E-state index is 12.0. The highest BCUT2D eigenvalue weighted by molar-refractivity contribution is 5.81. The molecule has 0 unspecified atom stereocenters. The van der Waals surface area contributed by atoms with Crippen molar-refractivity contribution in [3.05, 3.63) is 0 Å². The molecule has 6 nitrogen and oxygen atoms in total. The summed E-state index contributed by atoms with van der Waals surface area (Å²) in [6, 6.07) is 0.285. The van der Waals surface area contributed by atoms with E-state index in [1.165, 1.54) is 25.7 Å². The van der Waals surface area contributed by atoms with Gasteiger partial charge in [0.1, 0.15) is 0 Å². The zero-order chi connectivity index (χ0) is 14.4. The van der Waals surface area contributed by atoms with Gasteiger partial charge in [0, 0.05) is 25.6 Å². The molecule has 2 rings (SSSR count). The van der Waals surface area contributed by atoms with Gasteiger partial charge in [-0.3, -0.25) is 9.69 Å². The maximum absolute atomic E-state index is 12.0. The van der Waals surface area contributed by atoms with Gasteiger partial charge in [-0.2, -0.15) is 0 Å². The van der Waals surface area contributed by atoms with Crippen LogP contribution in [0.1, 0.15) is 44.9 Å². The van der Waals surface area contributed by atoms with Crippen LogP contribution >= 0.6 is 0 Å². The highest BCUT2D eigenvalue weighted by Crippen LogP contribution is 2.27. The molecule has 20 heavy (non-hydrogen) atoms. The Hall–Kier alpha value is -1.30. The average molecular weight is 282 g/mol. The minimum absolute atomic E-state index is 0.215. The largest absolute Gasteiger partial charge is 0.409 e. The maximum Gasteiger partial charge on any atom is 0.220 e. The molecule has 114 valence electrons. The van der Waals surface area contributed by atoms with Crippen LogP contribution in [0.4, 0.5) is 0 Å². The first kappa shape index (κ1) is 15.1. The van der Waals surface area contributed by atoms with Crippen LogP contribution in [0.2, 0.25) is 0 Å². The Morgan fingerprint density at radius 3 is 2.50 bits per heavy atom. The van der Waals surface area contributed by atoms with Gasteiger partial charge in [-0.25, -0.2) is 0 Å². The Balaban J connectivity index is 1.64. The molecule has 1 saturated heterocycles. The van der Waals surface area contributed by atoms with Gasteiger partial charge in [0.05, 0.1) is 6.54 Å². The van der Waals surface area contributed by atoms with E-state index in [-0.39, 0.29) is 17.8 Å². The lowest BCUT2D eigenvalue weighted by molar-refractivity contribution is -0.123. The van der Waals surface area contributed by atoms with Crippen molar-refractivity contribution in [2.24, 2.45) is 16.8 Å². The first-order chi connectivity index (χ1) is 9.67. The number of piperidine rings is 1. The fraction of sp³-hybridized carbons (Fsp3) is 0.857. The van der Waals surface area contributed by atoms with Crippen LogP contribution in [0.25, 0.3) is 0 Å². The number of oxime groups is 1. The third kappa shape index (κ3) is 4.67. The van der Waals surface area contributed by atoms with Gasteiger partial charge < -0.3 is 16.3 Å². The number of nitrogens with two attached hydrogens (primary N) is 1. The molecule has 1 saturated carbocycles. The summed E-state index contributed by atoms with van der Waals surface area (Å²) in [5.41, 5.74) is 5.50. The summed E-state index contributed by atoms with van der Waals surface area (Å²) in [7, 11) is 0. The van der Waals surface area contributed by atoms with Gasteiger partial charge in [0.15, 0.2) is 5.84 Å². The molecule has 0 aromatic carbocycles. The summed E-state index contributed by atoms with van der Waals surface area (Å²) in [4.78, 5) is 14.1. The van der Waals surface area contributed by atoms with Crippen molar-refractivity contribution in [3.8, 4) is 0 Å². The number of amides is 1. The predicted octanol–water partition coefficient (Wildman–Crippen LogP) is 0.894. The number of carbonyl (C=O) groups excluding carboxylic acids is 1. The van der Waals surface area contributed by atoms with Crippen molar-refractivity contribution in [3.63, 3.8) is 0 Å². The lowest BCUT2D eigenvalue weighted by Crippen LogP contribution is -2.47. The minimum Gasteiger partial charge on any atom is -0.409 e. The second kappa shape index (κ2) is 7.47. The van der Waals surface area contributed by atoms with Crippen molar-refractivity contribution in [1.29, 1.82) is 0 Å².